The fourth-order valence-electron chi connectivity index (χ4n) is 2.70. The molecule has 148 valence electrons. The number of hydrogen-bond acceptors (Lipinski definition) is 3. The molecule has 0 spiro atoms. The minimum atomic E-state index is -1.18. The third-order valence-corrected chi connectivity index (χ3v) is 5.03. The fourth-order valence-corrected chi connectivity index (χ4v) is 3.30. The smallest absolute Gasteiger partial charge is 0.326 e. The van der Waals surface area contributed by atoms with Gasteiger partial charge in [0.2, 0.25) is 11.8 Å². The van der Waals surface area contributed by atoms with Gasteiger partial charge in [-0.25, -0.2) is 4.79 Å². The lowest BCUT2D eigenvalue weighted by Crippen LogP contribution is -2.52. The number of halogens is 2. The summed E-state index contributed by atoms with van der Waals surface area (Å²) in [6.07, 6.45) is 0.291. The quantitative estimate of drug-likeness (QED) is 0.556. The standard InChI is InChI=1S/C20H20BrClN2O4/c1-12(25)23-17(9-13-5-3-2-4-6-13)19(26)24-18(20(27)28)11-14-10-15(22)7-8-16(14)21/h2-8,10,17-18H,9,11H2,1H3,(H,23,25)(H,24,26)(H,27,28)/t17-,18-/m1/s1. The van der Waals surface area contributed by atoms with E-state index in [1.54, 1.807) is 18.2 Å². The molecule has 2 aromatic rings. The number of amides is 2. The molecule has 0 aromatic heterocycles. The summed E-state index contributed by atoms with van der Waals surface area (Å²) in [6.45, 7) is 1.31. The number of benzene rings is 2. The van der Waals surface area contributed by atoms with Crippen molar-refractivity contribution >= 4 is 45.3 Å². The highest BCUT2D eigenvalue weighted by molar-refractivity contribution is 9.10. The average Bonchev–Trinajstić information content (AvgIpc) is 2.63. The Bertz CT molecular complexity index is 861. The van der Waals surface area contributed by atoms with E-state index in [0.717, 1.165) is 5.56 Å². The summed E-state index contributed by atoms with van der Waals surface area (Å²) >= 11 is 9.34. The van der Waals surface area contributed by atoms with Gasteiger partial charge in [-0.2, -0.15) is 0 Å². The van der Waals surface area contributed by atoms with Crippen LogP contribution in [0.4, 0.5) is 0 Å². The molecule has 0 bridgehead atoms. The van der Waals surface area contributed by atoms with E-state index in [1.807, 2.05) is 30.3 Å². The van der Waals surface area contributed by atoms with Gasteiger partial charge in [0.25, 0.3) is 0 Å². The van der Waals surface area contributed by atoms with Crippen LogP contribution in [0.15, 0.2) is 53.0 Å². The zero-order valence-electron chi connectivity index (χ0n) is 15.1. The Kier molecular flexibility index (Phi) is 8.02. The van der Waals surface area contributed by atoms with E-state index >= 15 is 0 Å². The highest BCUT2D eigenvalue weighted by atomic mass is 79.9. The van der Waals surface area contributed by atoms with Gasteiger partial charge in [-0.1, -0.05) is 57.9 Å². The van der Waals surface area contributed by atoms with Crippen LogP contribution in [0.3, 0.4) is 0 Å². The van der Waals surface area contributed by atoms with E-state index in [-0.39, 0.29) is 18.7 Å². The molecule has 0 unspecified atom stereocenters. The summed E-state index contributed by atoms with van der Waals surface area (Å²) in [4.78, 5) is 35.9. The van der Waals surface area contributed by atoms with E-state index < -0.39 is 24.0 Å². The molecule has 0 saturated carbocycles. The summed E-state index contributed by atoms with van der Waals surface area (Å²) in [6, 6.07) is 12.1. The largest absolute Gasteiger partial charge is 0.480 e. The highest BCUT2D eigenvalue weighted by Crippen LogP contribution is 2.22. The van der Waals surface area contributed by atoms with Crippen LogP contribution in [0.25, 0.3) is 0 Å². The van der Waals surface area contributed by atoms with Crippen molar-refractivity contribution in [1.82, 2.24) is 10.6 Å². The van der Waals surface area contributed by atoms with Crippen LogP contribution in [0, 0.1) is 0 Å². The van der Waals surface area contributed by atoms with Gasteiger partial charge in [0.15, 0.2) is 0 Å². The van der Waals surface area contributed by atoms with Crippen molar-refractivity contribution in [2.75, 3.05) is 0 Å². The molecular formula is C20H20BrClN2O4. The maximum Gasteiger partial charge on any atom is 0.326 e. The first-order valence-corrected chi connectivity index (χ1v) is 9.71. The first-order valence-electron chi connectivity index (χ1n) is 8.54. The second-order valence-electron chi connectivity index (χ2n) is 6.28. The van der Waals surface area contributed by atoms with E-state index in [9.17, 15) is 19.5 Å². The van der Waals surface area contributed by atoms with Crippen molar-refractivity contribution in [1.29, 1.82) is 0 Å². The molecule has 8 heteroatoms. The van der Waals surface area contributed by atoms with Crippen molar-refractivity contribution < 1.29 is 19.5 Å². The van der Waals surface area contributed by atoms with Gasteiger partial charge >= 0.3 is 5.97 Å². The number of hydrogen-bond donors (Lipinski definition) is 3. The molecule has 2 rings (SSSR count). The molecule has 0 fully saturated rings. The second-order valence-corrected chi connectivity index (χ2v) is 7.57. The first-order chi connectivity index (χ1) is 13.3. The minimum absolute atomic E-state index is 0.0420. The lowest BCUT2D eigenvalue weighted by atomic mass is 10.0. The van der Waals surface area contributed by atoms with Crippen LogP contribution < -0.4 is 10.6 Å². The molecule has 0 aliphatic carbocycles. The molecule has 0 aliphatic heterocycles. The number of nitrogens with one attached hydrogen (secondary N) is 2. The van der Waals surface area contributed by atoms with Gasteiger partial charge in [0, 0.05) is 29.3 Å². The van der Waals surface area contributed by atoms with Gasteiger partial charge in [0.1, 0.15) is 12.1 Å². The number of carboxylic acid groups (broad SMARTS) is 1. The Labute approximate surface area is 176 Å². The third kappa shape index (κ3) is 6.65. The van der Waals surface area contributed by atoms with E-state index in [1.165, 1.54) is 6.92 Å². The summed E-state index contributed by atoms with van der Waals surface area (Å²) in [5, 5.41) is 15.1. The predicted octanol–water partition coefficient (Wildman–Crippen LogP) is 2.96. The van der Waals surface area contributed by atoms with Crippen molar-refractivity contribution in [3.63, 3.8) is 0 Å². The molecule has 0 aliphatic rings. The Morgan fingerprint density at radius 2 is 1.71 bits per heavy atom. The molecule has 2 aromatic carbocycles. The number of carbonyl (C=O) groups excluding carboxylic acids is 2. The Hall–Kier alpha value is -2.38. The van der Waals surface area contributed by atoms with E-state index in [0.29, 0.717) is 15.1 Å². The lowest BCUT2D eigenvalue weighted by Gasteiger charge is -2.21. The lowest BCUT2D eigenvalue weighted by molar-refractivity contribution is -0.142. The van der Waals surface area contributed by atoms with Crippen LogP contribution in [0.1, 0.15) is 18.1 Å². The number of rotatable bonds is 8. The van der Waals surface area contributed by atoms with Crippen molar-refractivity contribution in [3.8, 4) is 0 Å². The number of aliphatic carboxylic acids is 1. The van der Waals surface area contributed by atoms with Crippen molar-refractivity contribution in [2.24, 2.45) is 0 Å². The zero-order valence-corrected chi connectivity index (χ0v) is 17.5. The average molecular weight is 468 g/mol. The molecule has 6 nitrogen and oxygen atoms in total. The second kappa shape index (κ2) is 10.2. The minimum Gasteiger partial charge on any atom is -0.480 e. The van der Waals surface area contributed by atoms with E-state index in [2.05, 4.69) is 26.6 Å². The van der Waals surface area contributed by atoms with Gasteiger partial charge in [-0.15, -0.1) is 0 Å². The Balaban J connectivity index is 2.16. The Morgan fingerprint density at radius 1 is 1.04 bits per heavy atom. The third-order valence-electron chi connectivity index (χ3n) is 4.02. The summed E-state index contributed by atoms with van der Waals surface area (Å²) in [5.74, 6) is -2.12. The molecular weight excluding hydrogens is 448 g/mol. The summed E-state index contributed by atoms with van der Waals surface area (Å²) in [7, 11) is 0. The van der Waals surface area contributed by atoms with Gasteiger partial charge in [-0.3, -0.25) is 9.59 Å². The normalized spacial score (nSPS) is 12.7. The predicted molar refractivity (Wildman–Crippen MR) is 110 cm³/mol. The maximum absolute atomic E-state index is 12.7. The van der Waals surface area contributed by atoms with Crippen molar-refractivity contribution in [3.05, 3.63) is 69.2 Å². The van der Waals surface area contributed by atoms with Crippen LogP contribution in [-0.4, -0.2) is 35.0 Å². The van der Waals surface area contributed by atoms with Crippen molar-refractivity contribution in [2.45, 2.75) is 31.8 Å². The molecule has 0 saturated heterocycles. The highest BCUT2D eigenvalue weighted by Gasteiger charge is 2.27. The van der Waals surface area contributed by atoms with E-state index in [4.69, 9.17) is 11.6 Å². The monoisotopic (exact) mass is 466 g/mol. The zero-order chi connectivity index (χ0) is 20.7. The molecule has 0 heterocycles. The number of carboxylic acids is 1. The summed E-state index contributed by atoms with van der Waals surface area (Å²) in [5.41, 5.74) is 1.50. The molecule has 28 heavy (non-hydrogen) atoms. The fraction of sp³-hybridized carbons (Fsp3) is 0.250. The van der Waals surface area contributed by atoms with Crippen LogP contribution in [0.5, 0.6) is 0 Å². The number of carbonyl (C=O) groups is 3. The topological polar surface area (TPSA) is 95.5 Å². The summed E-state index contributed by atoms with van der Waals surface area (Å²) < 4.78 is 0.695. The SMILES string of the molecule is CC(=O)N[C@H](Cc1ccccc1)C(=O)N[C@H](Cc1cc(Cl)ccc1Br)C(=O)O. The molecule has 2 atom stereocenters. The Morgan fingerprint density at radius 3 is 2.32 bits per heavy atom. The van der Waals surface area contributed by atoms with Gasteiger partial charge in [0.05, 0.1) is 0 Å². The molecule has 0 radical (unpaired) electrons. The van der Waals surface area contributed by atoms with Crippen LogP contribution in [0.2, 0.25) is 5.02 Å². The van der Waals surface area contributed by atoms with Gasteiger partial charge < -0.3 is 15.7 Å². The maximum atomic E-state index is 12.7. The van der Waals surface area contributed by atoms with Crippen LogP contribution in [-0.2, 0) is 27.2 Å². The first kappa shape index (κ1) is 21.9. The van der Waals surface area contributed by atoms with Gasteiger partial charge in [-0.05, 0) is 29.3 Å². The van der Waals surface area contributed by atoms with Crippen LogP contribution >= 0.6 is 27.5 Å². The molecule has 3 N–H and O–H groups in total. The molecule has 2 amide bonds.